The molecule has 0 aliphatic rings. The minimum Gasteiger partial charge on any atom is -0.234 e. The van der Waals surface area contributed by atoms with Crippen molar-refractivity contribution in [3.8, 4) is 24.0 Å². The smallest absolute Gasteiger partial charge is 0.197 e. The third-order valence-corrected chi connectivity index (χ3v) is 1.58. The fraction of sp³-hybridized carbons (Fsp3) is 0. The Kier molecular flexibility index (Phi) is 2.15. The van der Waals surface area contributed by atoms with E-state index in [4.69, 9.17) is 6.42 Å². The van der Waals surface area contributed by atoms with E-state index in [1.165, 1.54) is 0 Å². The first-order valence-electron chi connectivity index (χ1n) is 3.96. The summed E-state index contributed by atoms with van der Waals surface area (Å²) in [7, 11) is 0. The number of nitrogens with zero attached hydrogens (tertiary/aromatic N) is 4. The molecule has 2 aromatic rings. The van der Waals surface area contributed by atoms with Crippen molar-refractivity contribution in [3.63, 3.8) is 0 Å². The van der Waals surface area contributed by atoms with Gasteiger partial charge in [0.1, 0.15) is 0 Å². The molecule has 0 unspecified atom stereocenters. The molecule has 0 saturated carbocycles. The molecule has 0 aliphatic carbocycles. The van der Waals surface area contributed by atoms with Crippen molar-refractivity contribution in [2.24, 2.45) is 0 Å². The third-order valence-electron chi connectivity index (χ3n) is 1.58. The van der Waals surface area contributed by atoms with Gasteiger partial charge in [-0.15, -0.1) is 6.42 Å². The van der Waals surface area contributed by atoms with Gasteiger partial charge < -0.3 is 0 Å². The molecule has 4 heteroatoms. The Labute approximate surface area is 81.1 Å². The molecule has 0 aliphatic heterocycles. The summed E-state index contributed by atoms with van der Waals surface area (Å²) in [6.45, 7) is 0. The lowest BCUT2D eigenvalue weighted by molar-refractivity contribution is 1.07. The highest BCUT2D eigenvalue weighted by Gasteiger charge is 2.01. The van der Waals surface area contributed by atoms with Gasteiger partial charge in [-0.25, -0.2) is 19.9 Å². The highest BCUT2D eigenvalue weighted by molar-refractivity contribution is 5.42. The van der Waals surface area contributed by atoms with Gasteiger partial charge in [-0.3, -0.25) is 0 Å². The van der Waals surface area contributed by atoms with Crippen molar-refractivity contribution < 1.29 is 0 Å². The molecular weight excluding hydrogens is 176 g/mol. The van der Waals surface area contributed by atoms with E-state index in [0.29, 0.717) is 17.2 Å². The second-order valence-corrected chi connectivity index (χ2v) is 2.51. The van der Waals surface area contributed by atoms with Crippen LogP contribution < -0.4 is 0 Å². The van der Waals surface area contributed by atoms with Gasteiger partial charge in [0.25, 0.3) is 0 Å². The summed E-state index contributed by atoms with van der Waals surface area (Å²) in [5.41, 5.74) is 0.643. The normalized spacial score (nSPS) is 9.36. The maximum absolute atomic E-state index is 5.18. The van der Waals surface area contributed by atoms with E-state index < -0.39 is 0 Å². The fourth-order valence-corrected chi connectivity index (χ4v) is 0.933. The predicted molar refractivity (Wildman–Crippen MR) is 51.0 cm³/mol. The third kappa shape index (κ3) is 1.57. The number of aromatic nitrogens is 4. The van der Waals surface area contributed by atoms with Crippen LogP contribution in [-0.2, 0) is 0 Å². The number of hydrogen-bond acceptors (Lipinski definition) is 4. The lowest BCUT2D eigenvalue weighted by atomic mass is 10.3. The first-order valence-corrected chi connectivity index (χ1v) is 3.96. The minimum atomic E-state index is 0.476. The molecule has 2 rings (SSSR count). The molecule has 0 spiro atoms. The van der Waals surface area contributed by atoms with Crippen molar-refractivity contribution in [1.82, 2.24) is 19.9 Å². The van der Waals surface area contributed by atoms with E-state index in [1.54, 1.807) is 30.9 Å². The van der Waals surface area contributed by atoms with Crippen LogP contribution in [0.25, 0.3) is 11.6 Å². The molecule has 0 aromatic carbocycles. The number of rotatable bonds is 1. The summed E-state index contributed by atoms with van der Waals surface area (Å²) in [5.74, 6) is 3.41. The number of hydrogen-bond donors (Lipinski definition) is 0. The maximum Gasteiger partial charge on any atom is 0.197 e. The summed E-state index contributed by atoms with van der Waals surface area (Å²) in [5, 5.41) is 0. The van der Waals surface area contributed by atoms with E-state index in [0.717, 1.165) is 0 Å². The van der Waals surface area contributed by atoms with Crippen LogP contribution >= 0.6 is 0 Å². The first-order chi connectivity index (χ1) is 6.90. The predicted octanol–water partition coefficient (Wildman–Crippen LogP) is 0.915. The molecule has 0 radical (unpaired) electrons. The zero-order chi connectivity index (χ0) is 9.80. The number of terminal acetylenes is 1. The van der Waals surface area contributed by atoms with Crippen molar-refractivity contribution in [3.05, 3.63) is 36.4 Å². The Bertz CT molecular complexity index is 456. The van der Waals surface area contributed by atoms with Crippen LogP contribution in [0.1, 0.15) is 5.56 Å². The van der Waals surface area contributed by atoms with E-state index in [1.807, 2.05) is 0 Å². The van der Waals surface area contributed by atoms with Gasteiger partial charge in [0.05, 0.1) is 5.56 Å². The largest absolute Gasteiger partial charge is 0.234 e. The van der Waals surface area contributed by atoms with Crippen LogP contribution in [0.3, 0.4) is 0 Å². The maximum atomic E-state index is 5.18. The topological polar surface area (TPSA) is 51.6 Å². The van der Waals surface area contributed by atoms with Crippen molar-refractivity contribution in [1.29, 1.82) is 0 Å². The van der Waals surface area contributed by atoms with E-state index in [-0.39, 0.29) is 0 Å². The van der Waals surface area contributed by atoms with Crippen LogP contribution in [0.4, 0.5) is 0 Å². The average molecular weight is 182 g/mol. The SMILES string of the molecule is C#Cc1cnc(-c2ncccn2)nc1. The molecule has 2 aromatic heterocycles. The van der Waals surface area contributed by atoms with Crippen LogP contribution in [0.15, 0.2) is 30.9 Å². The summed E-state index contributed by atoms with van der Waals surface area (Å²) >= 11 is 0. The molecule has 66 valence electrons. The Morgan fingerprint density at radius 2 is 1.50 bits per heavy atom. The molecule has 0 amide bonds. The Morgan fingerprint density at radius 3 is 2.07 bits per heavy atom. The van der Waals surface area contributed by atoms with E-state index >= 15 is 0 Å². The molecule has 14 heavy (non-hydrogen) atoms. The molecule has 0 N–H and O–H groups in total. The molecule has 0 saturated heterocycles. The van der Waals surface area contributed by atoms with Crippen LogP contribution in [-0.4, -0.2) is 19.9 Å². The van der Waals surface area contributed by atoms with Crippen molar-refractivity contribution in [2.45, 2.75) is 0 Å². The van der Waals surface area contributed by atoms with Gasteiger partial charge in [0.15, 0.2) is 11.6 Å². The zero-order valence-electron chi connectivity index (χ0n) is 7.25. The molecule has 4 nitrogen and oxygen atoms in total. The van der Waals surface area contributed by atoms with Crippen molar-refractivity contribution in [2.75, 3.05) is 0 Å². The first kappa shape index (κ1) is 8.32. The van der Waals surface area contributed by atoms with Gasteiger partial charge in [0.2, 0.25) is 0 Å². The quantitative estimate of drug-likeness (QED) is 0.615. The molecule has 0 bridgehead atoms. The highest BCUT2D eigenvalue weighted by Crippen LogP contribution is 2.05. The summed E-state index contributed by atoms with van der Waals surface area (Å²) < 4.78 is 0. The van der Waals surface area contributed by atoms with E-state index in [9.17, 15) is 0 Å². The molecular formula is C10H6N4. The fourth-order valence-electron chi connectivity index (χ4n) is 0.933. The van der Waals surface area contributed by atoms with Gasteiger partial charge in [-0.1, -0.05) is 5.92 Å². The summed E-state index contributed by atoms with van der Waals surface area (Å²) in [6, 6.07) is 1.74. The molecule has 0 atom stereocenters. The monoisotopic (exact) mass is 182 g/mol. The Morgan fingerprint density at radius 1 is 0.929 bits per heavy atom. The lowest BCUT2D eigenvalue weighted by Crippen LogP contribution is -1.93. The summed E-state index contributed by atoms with van der Waals surface area (Å²) in [6.07, 6.45) is 11.6. The molecule has 0 fully saturated rings. The standard InChI is InChI=1S/C10H6N4/c1-2-8-6-13-10(14-7-8)9-11-4-3-5-12-9/h1,3-7H. The second-order valence-electron chi connectivity index (χ2n) is 2.51. The van der Waals surface area contributed by atoms with Gasteiger partial charge in [-0.2, -0.15) is 0 Å². The van der Waals surface area contributed by atoms with Gasteiger partial charge in [-0.05, 0) is 6.07 Å². The molecule has 2 heterocycles. The minimum absolute atomic E-state index is 0.476. The van der Waals surface area contributed by atoms with Crippen LogP contribution in [0.5, 0.6) is 0 Å². The van der Waals surface area contributed by atoms with Crippen LogP contribution in [0.2, 0.25) is 0 Å². The lowest BCUT2D eigenvalue weighted by Gasteiger charge is -1.96. The second kappa shape index (κ2) is 3.62. The average Bonchev–Trinajstić information content (AvgIpc) is 2.30. The van der Waals surface area contributed by atoms with Gasteiger partial charge >= 0.3 is 0 Å². The van der Waals surface area contributed by atoms with E-state index in [2.05, 4.69) is 25.9 Å². The Balaban J connectivity index is 2.40. The Hall–Kier alpha value is -2.28. The summed E-state index contributed by atoms with van der Waals surface area (Å²) in [4.78, 5) is 16.1. The van der Waals surface area contributed by atoms with Crippen molar-refractivity contribution >= 4 is 0 Å². The van der Waals surface area contributed by atoms with Crippen LogP contribution in [0, 0.1) is 12.3 Å². The van der Waals surface area contributed by atoms with Gasteiger partial charge in [0, 0.05) is 24.8 Å². The highest BCUT2D eigenvalue weighted by atomic mass is 15.0. The zero-order valence-corrected chi connectivity index (χ0v) is 7.25.